The largest absolute Gasteiger partial charge is 0.507 e. The standard InChI is InChI=1S/C14H10F2O4/c15-9-1-3-12(16)8(5-9)7-20-10-2-4-13(17)11(6-10)14(18)19/h1-6,17H,7H2,(H,18,19). The Morgan fingerprint density at radius 1 is 1.15 bits per heavy atom. The topological polar surface area (TPSA) is 66.8 Å². The Hall–Kier alpha value is -2.63. The third-order valence-corrected chi connectivity index (χ3v) is 2.60. The van der Waals surface area contributed by atoms with Crippen molar-refractivity contribution in [3.8, 4) is 11.5 Å². The van der Waals surface area contributed by atoms with Gasteiger partial charge in [0.15, 0.2) is 0 Å². The fourth-order valence-corrected chi connectivity index (χ4v) is 1.59. The van der Waals surface area contributed by atoms with Crippen LogP contribution in [0.3, 0.4) is 0 Å². The number of carboxylic acids is 1. The van der Waals surface area contributed by atoms with E-state index in [1.807, 2.05) is 0 Å². The summed E-state index contributed by atoms with van der Waals surface area (Å²) in [6, 6.07) is 6.55. The van der Waals surface area contributed by atoms with Gasteiger partial charge in [-0.15, -0.1) is 0 Å². The van der Waals surface area contributed by atoms with Crippen molar-refractivity contribution < 1.29 is 28.5 Å². The van der Waals surface area contributed by atoms with Crippen molar-refractivity contribution in [3.05, 3.63) is 59.2 Å². The summed E-state index contributed by atoms with van der Waals surface area (Å²) in [6.07, 6.45) is 0. The average Bonchev–Trinajstić information content (AvgIpc) is 2.41. The predicted molar refractivity (Wildman–Crippen MR) is 65.8 cm³/mol. The molecule has 0 atom stereocenters. The van der Waals surface area contributed by atoms with Gasteiger partial charge in [0.1, 0.15) is 35.3 Å². The fourth-order valence-electron chi connectivity index (χ4n) is 1.59. The number of aromatic hydroxyl groups is 1. The van der Waals surface area contributed by atoms with Crippen LogP contribution in [0.5, 0.6) is 11.5 Å². The minimum absolute atomic E-state index is 0.00921. The molecule has 0 aliphatic rings. The van der Waals surface area contributed by atoms with Crippen LogP contribution in [-0.2, 0) is 6.61 Å². The van der Waals surface area contributed by atoms with Gasteiger partial charge in [-0.2, -0.15) is 0 Å². The van der Waals surface area contributed by atoms with E-state index in [0.717, 1.165) is 30.3 Å². The molecule has 0 fully saturated rings. The van der Waals surface area contributed by atoms with E-state index in [-0.39, 0.29) is 23.5 Å². The summed E-state index contributed by atoms with van der Waals surface area (Å²) in [4.78, 5) is 10.8. The number of benzene rings is 2. The summed E-state index contributed by atoms with van der Waals surface area (Å²) in [6.45, 7) is -0.257. The molecule has 0 heterocycles. The van der Waals surface area contributed by atoms with E-state index in [2.05, 4.69) is 0 Å². The minimum atomic E-state index is -1.31. The van der Waals surface area contributed by atoms with Gasteiger partial charge < -0.3 is 14.9 Å². The Kier molecular flexibility index (Phi) is 3.84. The lowest BCUT2D eigenvalue weighted by Gasteiger charge is -2.08. The third-order valence-electron chi connectivity index (χ3n) is 2.60. The molecule has 0 aromatic heterocycles. The number of carbonyl (C=O) groups is 1. The van der Waals surface area contributed by atoms with Gasteiger partial charge in [-0.1, -0.05) is 0 Å². The maximum absolute atomic E-state index is 13.4. The highest BCUT2D eigenvalue weighted by Crippen LogP contribution is 2.24. The van der Waals surface area contributed by atoms with Crippen molar-refractivity contribution in [2.75, 3.05) is 0 Å². The van der Waals surface area contributed by atoms with Crippen molar-refractivity contribution in [2.24, 2.45) is 0 Å². The molecule has 2 rings (SSSR count). The van der Waals surface area contributed by atoms with E-state index in [1.54, 1.807) is 0 Å². The molecule has 0 unspecified atom stereocenters. The molecule has 0 radical (unpaired) electrons. The second-order valence-electron chi connectivity index (χ2n) is 4.01. The van der Waals surface area contributed by atoms with Gasteiger partial charge in [0.2, 0.25) is 0 Å². The van der Waals surface area contributed by atoms with Crippen LogP contribution in [0, 0.1) is 11.6 Å². The monoisotopic (exact) mass is 280 g/mol. The van der Waals surface area contributed by atoms with Gasteiger partial charge in [0.25, 0.3) is 0 Å². The highest BCUT2D eigenvalue weighted by Gasteiger charge is 2.11. The Balaban J connectivity index is 2.17. The summed E-state index contributed by atoms with van der Waals surface area (Å²) in [5.41, 5.74) is -0.322. The van der Waals surface area contributed by atoms with Crippen molar-refractivity contribution in [2.45, 2.75) is 6.61 Å². The zero-order valence-corrected chi connectivity index (χ0v) is 10.1. The number of phenols is 1. The molecule has 2 N–H and O–H groups in total. The zero-order chi connectivity index (χ0) is 14.7. The molecule has 2 aromatic carbocycles. The molecule has 20 heavy (non-hydrogen) atoms. The van der Waals surface area contributed by atoms with E-state index >= 15 is 0 Å². The predicted octanol–water partition coefficient (Wildman–Crippen LogP) is 2.95. The smallest absolute Gasteiger partial charge is 0.339 e. The lowest BCUT2D eigenvalue weighted by molar-refractivity contribution is 0.0693. The average molecular weight is 280 g/mol. The molecule has 0 saturated heterocycles. The number of hydrogen-bond donors (Lipinski definition) is 2. The van der Waals surface area contributed by atoms with Gasteiger partial charge in [-0.25, -0.2) is 13.6 Å². The number of carboxylic acid groups (broad SMARTS) is 1. The fraction of sp³-hybridized carbons (Fsp3) is 0.0714. The van der Waals surface area contributed by atoms with Gasteiger partial charge in [-0.3, -0.25) is 0 Å². The van der Waals surface area contributed by atoms with Crippen molar-refractivity contribution in [1.29, 1.82) is 0 Å². The molecule has 2 aromatic rings. The number of rotatable bonds is 4. The molecule has 6 heteroatoms. The second-order valence-corrected chi connectivity index (χ2v) is 4.01. The Labute approximate surface area is 112 Å². The molecular formula is C14H10F2O4. The quantitative estimate of drug-likeness (QED) is 0.903. The molecular weight excluding hydrogens is 270 g/mol. The second kappa shape index (κ2) is 5.56. The van der Waals surface area contributed by atoms with Crippen molar-refractivity contribution >= 4 is 5.97 Å². The molecule has 0 amide bonds. The summed E-state index contributed by atoms with van der Waals surface area (Å²) in [5, 5.41) is 18.2. The molecule has 4 nitrogen and oxygen atoms in total. The first-order valence-electron chi connectivity index (χ1n) is 5.60. The van der Waals surface area contributed by atoms with E-state index in [9.17, 15) is 18.7 Å². The van der Waals surface area contributed by atoms with Crippen LogP contribution in [0.1, 0.15) is 15.9 Å². The van der Waals surface area contributed by atoms with Gasteiger partial charge in [0.05, 0.1) is 0 Å². The van der Waals surface area contributed by atoms with Crippen molar-refractivity contribution in [3.63, 3.8) is 0 Å². The van der Waals surface area contributed by atoms with E-state index in [0.29, 0.717) is 0 Å². The van der Waals surface area contributed by atoms with Crippen LogP contribution < -0.4 is 4.74 Å². The lowest BCUT2D eigenvalue weighted by Crippen LogP contribution is -2.01. The first-order chi connectivity index (χ1) is 9.47. The van der Waals surface area contributed by atoms with E-state index in [1.165, 1.54) is 6.07 Å². The maximum Gasteiger partial charge on any atom is 0.339 e. The third kappa shape index (κ3) is 3.03. The lowest BCUT2D eigenvalue weighted by atomic mass is 10.2. The first-order valence-corrected chi connectivity index (χ1v) is 5.60. The first kappa shape index (κ1) is 13.8. The summed E-state index contributed by atoms with van der Waals surface area (Å²) < 4.78 is 31.5. The number of hydrogen-bond acceptors (Lipinski definition) is 3. The summed E-state index contributed by atoms with van der Waals surface area (Å²) in [5.74, 6) is -2.80. The highest BCUT2D eigenvalue weighted by atomic mass is 19.1. The Morgan fingerprint density at radius 2 is 1.90 bits per heavy atom. The van der Waals surface area contributed by atoms with Gasteiger partial charge in [-0.05, 0) is 36.4 Å². The highest BCUT2D eigenvalue weighted by molar-refractivity contribution is 5.91. The van der Waals surface area contributed by atoms with Gasteiger partial charge >= 0.3 is 5.97 Å². The summed E-state index contributed by atoms with van der Waals surface area (Å²) >= 11 is 0. The molecule has 0 spiro atoms. The summed E-state index contributed by atoms with van der Waals surface area (Å²) in [7, 11) is 0. The SMILES string of the molecule is O=C(O)c1cc(OCc2cc(F)ccc2F)ccc1O. The maximum atomic E-state index is 13.4. The molecule has 0 saturated carbocycles. The van der Waals surface area contributed by atoms with Crippen LogP contribution >= 0.6 is 0 Å². The van der Waals surface area contributed by atoms with Crippen LogP contribution in [0.2, 0.25) is 0 Å². The molecule has 0 bridgehead atoms. The van der Waals surface area contributed by atoms with Gasteiger partial charge in [0, 0.05) is 5.56 Å². The number of ether oxygens (including phenoxy) is 1. The zero-order valence-electron chi connectivity index (χ0n) is 10.1. The normalized spacial score (nSPS) is 10.3. The van der Waals surface area contributed by atoms with E-state index in [4.69, 9.17) is 9.84 Å². The minimum Gasteiger partial charge on any atom is -0.507 e. The van der Waals surface area contributed by atoms with Crippen LogP contribution in [0.25, 0.3) is 0 Å². The number of aromatic carboxylic acids is 1. The van der Waals surface area contributed by atoms with E-state index < -0.39 is 23.4 Å². The Bertz CT molecular complexity index is 656. The Morgan fingerprint density at radius 3 is 2.60 bits per heavy atom. The van der Waals surface area contributed by atoms with Crippen LogP contribution in [-0.4, -0.2) is 16.2 Å². The molecule has 0 aliphatic heterocycles. The molecule has 0 aliphatic carbocycles. The molecule has 104 valence electrons. The van der Waals surface area contributed by atoms with Crippen LogP contribution in [0.4, 0.5) is 8.78 Å². The van der Waals surface area contributed by atoms with Crippen molar-refractivity contribution in [1.82, 2.24) is 0 Å². The van der Waals surface area contributed by atoms with Crippen LogP contribution in [0.15, 0.2) is 36.4 Å². The number of halogens is 2.